The summed E-state index contributed by atoms with van der Waals surface area (Å²) in [5.74, 6) is 3.13. The van der Waals surface area contributed by atoms with Crippen LogP contribution in [0, 0.1) is 5.92 Å². The first kappa shape index (κ1) is 15.5. The van der Waals surface area contributed by atoms with E-state index in [1.165, 1.54) is 32.1 Å². The first-order valence-electron chi connectivity index (χ1n) is 8.71. The van der Waals surface area contributed by atoms with E-state index in [0.29, 0.717) is 13.1 Å². The molecule has 2 N–H and O–H groups in total. The number of aryl methyl sites for hydroxylation is 2. The Morgan fingerprint density at radius 2 is 2.14 bits per heavy atom. The molecule has 1 aromatic rings. The first-order valence-corrected chi connectivity index (χ1v) is 8.71. The lowest BCUT2D eigenvalue weighted by Gasteiger charge is -2.08. The zero-order valence-corrected chi connectivity index (χ0v) is 13.3. The number of carbonyl (C=O) groups excluding carboxylic acids is 1. The van der Waals surface area contributed by atoms with Gasteiger partial charge in [-0.1, -0.05) is 6.42 Å². The molecule has 1 amide bonds. The third kappa shape index (κ3) is 4.53. The average Bonchev–Trinajstić information content (AvgIpc) is 3.30. The molecule has 0 spiro atoms. The molecule has 22 heavy (non-hydrogen) atoms. The SMILES string of the molecule is O=C(CNCC1CC1)NCCCc1nnc2n1CCCCC2. The minimum Gasteiger partial charge on any atom is -0.355 e. The molecule has 0 unspecified atom stereocenters. The van der Waals surface area contributed by atoms with Gasteiger partial charge in [-0.2, -0.15) is 0 Å². The fourth-order valence-corrected chi connectivity index (χ4v) is 2.98. The minimum absolute atomic E-state index is 0.0979. The monoisotopic (exact) mass is 305 g/mol. The van der Waals surface area contributed by atoms with Crippen molar-refractivity contribution < 1.29 is 4.79 Å². The number of rotatable bonds is 8. The summed E-state index contributed by atoms with van der Waals surface area (Å²) in [7, 11) is 0. The maximum Gasteiger partial charge on any atom is 0.233 e. The number of nitrogens with zero attached hydrogens (tertiary/aromatic N) is 3. The van der Waals surface area contributed by atoms with Crippen molar-refractivity contribution in [2.45, 2.75) is 57.9 Å². The Morgan fingerprint density at radius 3 is 3.00 bits per heavy atom. The second-order valence-corrected chi connectivity index (χ2v) is 6.52. The highest BCUT2D eigenvalue weighted by atomic mass is 16.1. The fraction of sp³-hybridized carbons (Fsp3) is 0.812. The fourth-order valence-electron chi connectivity index (χ4n) is 2.98. The lowest BCUT2D eigenvalue weighted by Crippen LogP contribution is -2.35. The molecule has 0 aromatic carbocycles. The summed E-state index contributed by atoms with van der Waals surface area (Å²) in [5, 5.41) is 14.8. The Balaban J connectivity index is 1.32. The largest absolute Gasteiger partial charge is 0.355 e. The van der Waals surface area contributed by atoms with Gasteiger partial charge < -0.3 is 15.2 Å². The predicted molar refractivity (Wildman–Crippen MR) is 84.5 cm³/mol. The number of nitrogens with one attached hydrogen (secondary N) is 2. The molecule has 0 radical (unpaired) electrons. The molecule has 0 saturated heterocycles. The first-order chi connectivity index (χ1) is 10.8. The van der Waals surface area contributed by atoms with Gasteiger partial charge in [0.2, 0.25) is 5.91 Å². The molecular formula is C16H27N5O. The Kier molecular flexibility index (Phi) is 5.43. The van der Waals surface area contributed by atoms with Crippen LogP contribution in [0.5, 0.6) is 0 Å². The quantitative estimate of drug-likeness (QED) is 0.704. The topological polar surface area (TPSA) is 71.8 Å². The standard InChI is InChI=1S/C16H27N5O/c22-16(12-17-11-13-7-8-13)18-9-4-6-15-20-19-14-5-2-1-3-10-21(14)15/h13,17H,1-12H2,(H,18,22). The molecule has 3 rings (SSSR count). The van der Waals surface area contributed by atoms with Gasteiger partial charge in [0.15, 0.2) is 0 Å². The molecule has 6 heteroatoms. The van der Waals surface area contributed by atoms with E-state index in [-0.39, 0.29) is 5.91 Å². The maximum absolute atomic E-state index is 11.7. The molecular weight excluding hydrogens is 278 g/mol. The number of amides is 1. The molecule has 2 aliphatic rings. The van der Waals surface area contributed by atoms with Gasteiger partial charge >= 0.3 is 0 Å². The van der Waals surface area contributed by atoms with E-state index in [1.807, 2.05) is 0 Å². The maximum atomic E-state index is 11.7. The summed E-state index contributed by atoms with van der Waals surface area (Å²) in [6.45, 7) is 3.19. The van der Waals surface area contributed by atoms with E-state index in [9.17, 15) is 4.79 Å². The third-order valence-corrected chi connectivity index (χ3v) is 4.50. The Hall–Kier alpha value is -1.43. The molecule has 1 saturated carbocycles. The van der Waals surface area contributed by atoms with E-state index in [0.717, 1.165) is 49.9 Å². The predicted octanol–water partition coefficient (Wildman–Crippen LogP) is 1.05. The van der Waals surface area contributed by atoms with Crippen molar-refractivity contribution in [3.05, 3.63) is 11.6 Å². The summed E-state index contributed by atoms with van der Waals surface area (Å²) in [6.07, 6.45) is 9.23. The third-order valence-electron chi connectivity index (χ3n) is 4.50. The Labute approximate surface area is 132 Å². The van der Waals surface area contributed by atoms with E-state index < -0.39 is 0 Å². The van der Waals surface area contributed by atoms with Crippen molar-refractivity contribution in [1.29, 1.82) is 0 Å². The van der Waals surface area contributed by atoms with Crippen LogP contribution in [-0.4, -0.2) is 40.3 Å². The average molecular weight is 305 g/mol. The number of hydrogen-bond donors (Lipinski definition) is 2. The molecule has 1 aliphatic heterocycles. The van der Waals surface area contributed by atoms with Crippen molar-refractivity contribution >= 4 is 5.91 Å². The van der Waals surface area contributed by atoms with E-state index in [2.05, 4.69) is 25.4 Å². The smallest absolute Gasteiger partial charge is 0.233 e. The Morgan fingerprint density at radius 1 is 1.23 bits per heavy atom. The summed E-state index contributed by atoms with van der Waals surface area (Å²) in [6, 6.07) is 0. The van der Waals surface area contributed by atoms with Gasteiger partial charge in [0.05, 0.1) is 6.54 Å². The highest BCUT2D eigenvalue weighted by molar-refractivity contribution is 5.77. The normalized spacial score (nSPS) is 17.8. The second-order valence-electron chi connectivity index (χ2n) is 6.52. The van der Waals surface area contributed by atoms with Gasteiger partial charge in [-0.25, -0.2) is 0 Å². The molecule has 0 atom stereocenters. The van der Waals surface area contributed by atoms with Crippen LogP contribution in [-0.2, 0) is 24.2 Å². The van der Waals surface area contributed by atoms with Crippen LogP contribution in [0.25, 0.3) is 0 Å². The van der Waals surface area contributed by atoms with Gasteiger partial charge in [-0.15, -0.1) is 10.2 Å². The highest BCUT2D eigenvalue weighted by Crippen LogP contribution is 2.27. The summed E-state index contributed by atoms with van der Waals surface area (Å²) >= 11 is 0. The second kappa shape index (κ2) is 7.72. The number of aromatic nitrogens is 3. The Bertz CT molecular complexity index is 495. The lowest BCUT2D eigenvalue weighted by molar-refractivity contribution is -0.120. The number of hydrogen-bond acceptors (Lipinski definition) is 4. The lowest BCUT2D eigenvalue weighted by atomic mass is 10.2. The van der Waals surface area contributed by atoms with Gasteiger partial charge in [-0.05, 0) is 44.6 Å². The van der Waals surface area contributed by atoms with Crippen LogP contribution in [0.4, 0.5) is 0 Å². The zero-order chi connectivity index (χ0) is 15.2. The minimum atomic E-state index is 0.0979. The van der Waals surface area contributed by atoms with Crippen LogP contribution >= 0.6 is 0 Å². The van der Waals surface area contributed by atoms with Gasteiger partial charge in [0.25, 0.3) is 0 Å². The van der Waals surface area contributed by atoms with E-state index in [4.69, 9.17) is 0 Å². The van der Waals surface area contributed by atoms with Crippen LogP contribution in [0.15, 0.2) is 0 Å². The van der Waals surface area contributed by atoms with Gasteiger partial charge in [0, 0.05) is 25.9 Å². The molecule has 1 aliphatic carbocycles. The molecule has 6 nitrogen and oxygen atoms in total. The number of carbonyl (C=O) groups is 1. The van der Waals surface area contributed by atoms with Crippen molar-refractivity contribution in [3.63, 3.8) is 0 Å². The van der Waals surface area contributed by atoms with Crippen LogP contribution in [0.3, 0.4) is 0 Å². The highest BCUT2D eigenvalue weighted by Gasteiger charge is 2.20. The molecule has 2 heterocycles. The molecule has 122 valence electrons. The summed E-state index contributed by atoms with van der Waals surface area (Å²) < 4.78 is 2.28. The molecule has 1 aromatic heterocycles. The van der Waals surface area contributed by atoms with Crippen LogP contribution in [0.2, 0.25) is 0 Å². The summed E-state index contributed by atoms with van der Waals surface area (Å²) in [4.78, 5) is 11.7. The van der Waals surface area contributed by atoms with Crippen molar-refractivity contribution in [2.75, 3.05) is 19.6 Å². The molecule has 0 bridgehead atoms. The van der Waals surface area contributed by atoms with Crippen LogP contribution < -0.4 is 10.6 Å². The van der Waals surface area contributed by atoms with Crippen LogP contribution in [0.1, 0.15) is 50.2 Å². The van der Waals surface area contributed by atoms with E-state index in [1.54, 1.807) is 0 Å². The number of fused-ring (bicyclic) bond motifs is 1. The molecule has 1 fully saturated rings. The van der Waals surface area contributed by atoms with Crippen molar-refractivity contribution in [3.8, 4) is 0 Å². The van der Waals surface area contributed by atoms with Crippen molar-refractivity contribution in [1.82, 2.24) is 25.4 Å². The van der Waals surface area contributed by atoms with Gasteiger partial charge in [0.1, 0.15) is 11.6 Å². The van der Waals surface area contributed by atoms with Gasteiger partial charge in [-0.3, -0.25) is 4.79 Å². The van der Waals surface area contributed by atoms with Crippen molar-refractivity contribution in [2.24, 2.45) is 5.92 Å². The summed E-state index contributed by atoms with van der Waals surface area (Å²) in [5.41, 5.74) is 0. The zero-order valence-electron chi connectivity index (χ0n) is 13.3. The van der Waals surface area contributed by atoms with E-state index >= 15 is 0 Å².